The van der Waals surface area contributed by atoms with Crippen LogP contribution in [0.2, 0.25) is 4.87 Å². The molecule has 5 nitrogen and oxygen atoms in total. The van der Waals surface area contributed by atoms with Crippen LogP contribution >= 0.6 is 0 Å². The molecule has 0 aliphatic carbocycles. The molecule has 1 aliphatic rings. The molecule has 6 heteroatoms. The van der Waals surface area contributed by atoms with Crippen LogP contribution in [0.4, 0.5) is 0 Å². The van der Waals surface area contributed by atoms with Crippen LogP contribution in [0.15, 0.2) is 42.5 Å². The van der Waals surface area contributed by atoms with Crippen molar-refractivity contribution in [2.75, 3.05) is 13.7 Å². The van der Waals surface area contributed by atoms with Gasteiger partial charge < -0.3 is 0 Å². The number of methoxy groups -OCH3 is 1. The van der Waals surface area contributed by atoms with Crippen LogP contribution in [0, 0.1) is 6.92 Å². The Labute approximate surface area is 218 Å². The van der Waals surface area contributed by atoms with Gasteiger partial charge in [0.15, 0.2) is 0 Å². The number of piperidine rings is 1. The van der Waals surface area contributed by atoms with Gasteiger partial charge in [-0.25, -0.2) is 0 Å². The summed E-state index contributed by atoms with van der Waals surface area (Å²) in [6.45, 7) is 11.4. The van der Waals surface area contributed by atoms with Crippen molar-refractivity contribution in [2.45, 2.75) is 70.6 Å². The summed E-state index contributed by atoms with van der Waals surface area (Å²) in [5.74, 6) is 0.977. The molecule has 1 fully saturated rings. The van der Waals surface area contributed by atoms with Gasteiger partial charge in [-0.3, -0.25) is 0 Å². The van der Waals surface area contributed by atoms with Gasteiger partial charge in [0.05, 0.1) is 0 Å². The fourth-order valence-corrected chi connectivity index (χ4v) is 8.36. The maximum atomic E-state index is 13.2. The first-order valence-electron chi connectivity index (χ1n) is 12.4. The van der Waals surface area contributed by atoms with Crippen molar-refractivity contribution in [3.63, 3.8) is 0 Å². The standard InChI is InChI=1S/C17H22N2O2.C11H15O.CH3.Sb/c1-3-6-15(19-10-5-4-7-16(19)20)14-9-8-13(17(18)21)11-12(14)2;1-11(2,3)9-5-7-10(12-4)8-6-9;;/h6,8-9,11H,3-5,7,10H2,1-2H3,(H2,18,21);5-7H,1-4H3;1H3;/q;;;+1/p-1/b15-6+;;;. The first-order valence-corrected chi connectivity index (χ1v) is 17.5. The summed E-state index contributed by atoms with van der Waals surface area (Å²) in [6, 6.07) is 12.1. The van der Waals surface area contributed by atoms with Crippen LogP contribution in [0.3, 0.4) is 0 Å². The molecule has 188 valence electrons. The molecule has 0 saturated carbocycles. The van der Waals surface area contributed by atoms with E-state index >= 15 is 0 Å². The van der Waals surface area contributed by atoms with Gasteiger partial charge in [0.25, 0.3) is 0 Å². The third-order valence-corrected chi connectivity index (χ3v) is 11.0. The van der Waals surface area contributed by atoms with Gasteiger partial charge in [0, 0.05) is 0 Å². The van der Waals surface area contributed by atoms with Crippen molar-refractivity contribution >= 4 is 41.5 Å². The number of amides is 2. The van der Waals surface area contributed by atoms with Gasteiger partial charge in [-0.2, -0.15) is 0 Å². The molecule has 1 aliphatic heterocycles. The van der Waals surface area contributed by atoms with Gasteiger partial charge in [-0.1, -0.05) is 0 Å². The molecule has 2 aromatic rings. The second-order valence-corrected chi connectivity index (χ2v) is 15.4. The number of nitrogens with zero attached hydrogens (tertiary/aromatic N) is 1. The number of aryl methyl sites for hydroxylation is 1. The summed E-state index contributed by atoms with van der Waals surface area (Å²) in [5, 5.41) is 0. The molecule has 3 rings (SSSR count). The van der Waals surface area contributed by atoms with Crippen LogP contribution in [0.5, 0.6) is 5.75 Å². The Kier molecular flexibility index (Phi) is 9.10. The Morgan fingerprint density at radius 2 is 1.91 bits per heavy atom. The number of nitrogens with one attached hydrogen (secondary N) is 1. The normalized spacial score (nSPS) is 14.9. The Morgan fingerprint density at radius 1 is 1.17 bits per heavy atom. The minimum atomic E-state index is -2.34. The van der Waals surface area contributed by atoms with Crippen molar-refractivity contribution in [3.05, 3.63) is 64.7 Å². The number of carbonyl (C=O) groups is 2. The molecule has 0 radical (unpaired) electrons. The molecule has 0 bridgehead atoms. The zero-order valence-corrected chi connectivity index (χ0v) is 24.7. The predicted octanol–water partition coefficient (Wildman–Crippen LogP) is 5.32. The number of hydrogen-bond donors (Lipinski definition) is 1. The molecule has 35 heavy (non-hydrogen) atoms. The summed E-state index contributed by atoms with van der Waals surface area (Å²) in [4.78, 5) is 29.9. The average Bonchev–Trinajstić information content (AvgIpc) is 2.82. The van der Waals surface area contributed by atoms with E-state index in [-0.39, 0.29) is 17.2 Å². The second-order valence-electron chi connectivity index (χ2n) is 10.2. The molecule has 0 unspecified atom stereocenters. The molecular weight excluding hydrogens is 546 g/mol. The summed E-state index contributed by atoms with van der Waals surface area (Å²) in [5.41, 5.74) is 4.90. The van der Waals surface area contributed by atoms with Crippen molar-refractivity contribution in [2.24, 2.45) is 0 Å². The van der Waals surface area contributed by atoms with E-state index in [1.54, 1.807) is 7.11 Å². The fraction of sp³-hybridized carbons (Fsp3) is 0.448. The molecule has 1 saturated heterocycles. The van der Waals surface area contributed by atoms with Crippen LogP contribution in [0.1, 0.15) is 80.4 Å². The number of ether oxygens (including phenoxy) is 1. The van der Waals surface area contributed by atoms with Crippen LogP contribution in [-0.2, 0) is 10.2 Å². The minimum absolute atomic E-state index is 0.0265. The number of carbonyl (C=O) groups excluding carboxylic acids is 2. The van der Waals surface area contributed by atoms with Crippen LogP contribution in [-0.4, -0.2) is 50.9 Å². The summed E-state index contributed by atoms with van der Waals surface area (Å²) in [7, 11) is 1.68. The van der Waals surface area contributed by atoms with E-state index in [0.29, 0.717) is 12.0 Å². The van der Waals surface area contributed by atoms with E-state index in [2.05, 4.69) is 54.2 Å². The summed E-state index contributed by atoms with van der Waals surface area (Å²) >= 11 is -2.34. The monoisotopic (exact) mass is 584 g/mol. The van der Waals surface area contributed by atoms with E-state index in [4.69, 9.17) is 4.74 Å². The Bertz CT molecular complexity index is 1120. The van der Waals surface area contributed by atoms with E-state index in [1.807, 2.05) is 36.1 Å². The molecule has 0 spiro atoms. The average molecular weight is 585 g/mol. The van der Waals surface area contributed by atoms with Crippen molar-refractivity contribution in [3.8, 4) is 5.75 Å². The second kappa shape index (κ2) is 11.6. The van der Waals surface area contributed by atoms with Gasteiger partial charge >= 0.3 is 219 Å². The summed E-state index contributed by atoms with van der Waals surface area (Å²) in [6.07, 6.45) is 5.55. The molecule has 2 amide bonds. The number of hydrogen-bond acceptors (Lipinski definition) is 3. The van der Waals surface area contributed by atoms with Crippen LogP contribution in [0.25, 0.3) is 5.70 Å². The fourth-order valence-electron chi connectivity index (χ4n) is 4.41. The SMILES string of the molecule is CC/C=C(\c1ccc(C(=O)[NH][Sb]([CH3])[c]2cc(C(C)(C)C)ccc2OC)cc1C)N1CCCCC1=O. The Balaban J connectivity index is 1.84. The van der Waals surface area contributed by atoms with E-state index in [0.717, 1.165) is 51.9 Å². The van der Waals surface area contributed by atoms with Crippen molar-refractivity contribution in [1.82, 2.24) is 8.38 Å². The number of benzene rings is 2. The molecule has 0 aromatic heterocycles. The third-order valence-electron chi connectivity index (χ3n) is 6.45. The van der Waals surface area contributed by atoms with Crippen molar-refractivity contribution < 1.29 is 14.3 Å². The Morgan fingerprint density at radius 3 is 2.51 bits per heavy atom. The van der Waals surface area contributed by atoms with E-state index in [1.165, 1.54) is 5.56 Å². The van der Waals surface area contributed by atoms with E-state index < -0.39 is 20.5 Å². The maximum absolute atomic E-state index is 13.2. The summed E-state index contributed by atoms with van der Waals surface area (Å²) < 4.78 is 10.1. The molecular formula is C29H39N2O3Sb. The topological polar surface area (TPSA) is 58.6 Å². The molecule has 1 N–H and O–H groups in total. The first kappa shape index (κ1) is 27.3. The van der Waals surface area contributed by atoms with Gasteiger partial charge in [0.2, 0.25) is 0 Å². The van der Waals surface area contributed by atoms with Crippen molar-refractivity contribution in [1.29, 1.82) is 0 Å². The predicted molar refractivity (Wildman–Crippen MR) is 145 cm³/mol. The number of rotatable bonds is 7. The first-order chi connectivity index (χ1) is 16.6. The number of allylic oxidation sites excluding steroid dienone is 1. The quantitative estimate of drug-likeness (QED) is 0.448. The van der Waals surface area contributed by atoms with Gasteiger partial charge in [-0.05, 0) is 0 Å². The molecule has 2 aromatic carbocycles. The molecule has 1 heterocycles. The van der Waals surface area contributed by atoms with E-state index in [9.17, 15) is 9.59 Å². The zero-order chi connectivity index (χ0) is 25.8. The Hall–Kier alpha value is -2.26. The van der Waals surface area contributed by atoms with Crippen LogP contribution < -0.4 is 11.7 Å². The zero-order valence-electron chi connectivity index (χ0n) is 22.2. The number of likely N-dealkylation sites (tertiary alicyclic amines) is 1. The molecule has 0 atom stereocenters. The van der Waals surface area contributed by atoms with Gasteiger partial charge in [-0.15, -0.1) is 0 Å². The third kappa shape index (κ3) is 6.49. The van der Waals surface area contributed by atoms with Gasteiger partial charge in [0.1, 0.15) is 0 Å².